The van der Waals surface area contributed by atoms with Crippen LogP contribution in [-0.4, -0.2) is 49.1 Å². The Morgan fingerprint density at radius 3 is 2.15 bits per heavy atom. The molecule has 0 aromatic carbocycles. The quantitative estimate of drug-likeness (QED) is 0.533. The summed E-state index contributed by atoms with van der Waals surface area (Å²) in [6.07, 6.45) is 1.25. The monoisotopic (exact) mass is 205 g/mol. The van der Waals surface area contributed by atoms with E-state index < -0.39 is 0 Å². The van der Waals surface area contributed by atoms with Crippen LogP contribution in [0.2, 0.25) is 0 Å². The second-order valence-electron chi connectivity index (χ2n) is 2.97. The third-order valence-electron chi connectivity index (χ3n) is 1.86. The molecule has 0 rings (SSSR count). The molecule has 0 atom stereocenters. The molecule has 0 unspecified atom stereocenters. The first-order chi connectivity index (χ1) is 6.35. The molecule has 0 aliphatic rings. The van der Waals surface area contributed by atoms with Crippen LogP contribution in [0.1, 0.15) is 13.3 Å². The van der Waals surface area contributed by atoms with Crippen LogP contribution >= 0.6 is 11.8 Å². The van der Waals surface area contributed by atoms with E-state index in [0.717, 1.165) is 32.7 Å². The van der Waals surface area contributed by atoms with Gasteiger partial charge >= 0.3 is 0 Å². The average Bonchev–Trinajstić information content (AvgIpc) is 2.13. The highest BCUT2D eigenvalue weighted by atomic mass is 32.2. The van der Waals surface area contributed by atoms with Crippen molar-refractivity contribution < 1.29 is 0 Å². The molecule has 0 aromatic heterocycles. The van der Waals surface area contributed by atoms with Gasteiger partial charge in [0.25, 0.3) is 0 Å². The van der Waals surface area contributed by atoms with Crippen LogP contribution in [0.25, 0.3) is 0 Å². The molecule has 0 amide bonds. The zero-order chi connectivity index (χ0) is 9.94. The van der Waals surface area contributed by atoms with Gasteiger partial charge in [-0.25, -0.2) is 0 Å². The van der Waals surface area contributed by atoms with Crippen LogP contribution in [0.5, 0.6) is 0 Å². The zero-order valence-electron chi connectivity index (χ0n) is 8.67. The molecule has 0 aliphatic carbocycles. The molecule has 0 heterocycles. The number of nitrogens with zero attached hydrogens (tertiary/aromatic N) is 1. The fraction of sp³-hybridized carbons (Fsp3) is 1.00. The SMILES string of the molecule is CCSCCCN(CCN)CCN. The number of hydrogen-bond donors (Lipinski definition) is 2. The summed E-state index contributed by atoms with van der Waals surface area (Å²) < 4.78 is 0. The van der Waals surface area contributed by atoms with E-state index in [4.69, 9.17) is 11.5 Å². The van der Waals surface area contributed by atoms with E-state index in [1.807, 2.05) is 11.8 Å². The predicted octanol–water partition coefficient (Wildman–Crippen LogP) is 0.349. The molecule has 0 fully saturated rings. The summed E-state index contributed by atoms with van der Waals surface area (Å²) in [6, 6.07) is 0. The highest BCUT2D eigenvalue weighted by Gasteiger charge is 2.01. The summed E-state index contributed by atoms with van der Waals surface area (Å²) in [5, 5.41) is 0. The van der Waals surface area contributed by atoms with E-state index in [0.29, 0.717) is 0 Å². The van der Waals surface area contributed by atoms with Crippen molar-refractivity contribution in [2.24, 2.45) is 11.5 Å². The van der Waals surface area contributed by atoms with Crippen LogP contribution < -0.4 is 11.5 Å². The minimum Gasteiger partial charge on any atom is -0.329 e. The molecule has 13 heavy (non-hydrogen) atoms. The fourth-order valence-corrected chi connectivity index (χ4v) is 1.86. The van der Waals surface area contributed by atoms with Crippen molar-refractivity contribution in [3.05, 3.63) is 0 Å². The van der Waals surface area contributed by atoms with Crippen LogP contribution in [0.4, 0.5) is 0 Å². The van der Waals surface area contributed by atoms with Gasteiger partial charge in [0.1, 0.15) is 0 Å². The topological polar surface area (TPSA) is 55.3 Å². The fourth-order valence-electron chi connectivity index (χ4n) is 1.24. The highest BCUT2D eigenvalue weighted by Crippen LogP contribution is 2.01. The lowest BCUT2D eigenvalue weighted by atomic mass is 10.4. The Kier molecular flexibility index (Phi) is 10.5. The Morgan fingerprint density at radius 1 is 1.08 bits per heavy atom. The summed E-state index contributed by atoms with van der Waals surface area (Å²) >= 11 is 2.00. The second kappa shape index (κ2) is 10.3. The third kappa shape index (κ3) is 8.56. The number of hydrogen-bond acceptors (Lipinski definition) is 4. The molecule has 0 saturated carbocycles. The maximum Gasteiger partial charge on any atom is 0.0105 e. The second-order valence-corrected chi connectivity index (χ2v) is 4.36. The van der Waals surface area contributed by atoms with Crippen molar-refractivity contribution >= 4 is 11.8 Å². The van der Waals surface area contributed by atoms with Crippen LogP contribution in [0, 0.1) is 0 Å². The van der Waals surface area contributed by atoms with E-state index in [1.165, 1.54) is 17.9 Å². The predicted molar refractivity (Wildman–Crippen MR) is 62.2 cm³/mol. The third-order valence-corrected chi connectivity index (χ3v) is 2.84. The van der Waals surface area contributed by atoms with Crippen molar-refractivity contribution in [3.63, 3.8) is 0 Å². The summed E-state index contributed by atoms with van der Waals surface area (Å²) in [6.45, 7) is 6.77. The molecule has 4 N–H and O–H groups in total. The van der Waals surface area contributed by atoms with E-state index >= 15 is 0 Å². The Hall–Kier alpha value is 0.230. The number of nitrogens with two attached hydrogens (primary N) is 2. The van der Waals surface area contributed by atoms with Crippen molar-refractivity contribution in [1.82, 2.24) is 4.90 Å². The van der Waals surface area contributed by atoms with Gasteiger partial charge in [-0.3, -0.25) is 0 Å². The average molecular weight is 205 g/mol. The van der Waals surface area contributed by atoms with Gasteiger partial charge in [0.2, 0.25) is 0 Å². The van der Waals surface area contributed by atoms with Crippen molar-refractivity contribution in [1.29, 1.82) is 0 Å². The van der Waals surface area contributed by atoms with Crippen LogP contribution in [0.15, 0.2) is 0 Å². The van der Waals surface area contributed by atoms with Gasteiger partial charge in [-0.2, -0.15) is 11.8 Å². The van der Waals surface area contributed by atoms with E-state index in [1.54, 1.807) is 0 Å². The van der Waals surface area contributed by atoms with Gasteiger partial charge < -0.3 is 16.4 Å². The molecule has 3 nitrogen and oxygen atoms in total. The first-order valence-corrected chi connectivity index (χ1v) is 6.20. The largest absolute Gasteiger partial charge is 0.329 e. The van der Waals surface area contributed by atoms with Gasteiger partial charge in [-0.1, -0.05) is 6.92 Å². The minimum absolute atomic E-state index is 0.737. The molecule has 0 aromatic rings. The van der Waals surface area contributed by atoms with E-state index in [9.17, 15) is 0 Å². The zero-order valence-corrected chi connectivity index (χ0v) is 9.48. The summed E-state index contributed by atoms with van der Waals surface area (Å²) in [4.78, 5) is 2.34. The maximum atomic E-state index is 5.50. The lowest BCUT2D eigenvalue weighted by Crippen LogP contribution is -2.34. The summed E-state index contributed by atoms with van der Waals surface area (Å²) in [7, 11) is 0. The molecular formula is C9H23N3S. The van der Waals surface area contributed by atoms with Crippen molar-refractivity contribution in [2.75, 3.05) is 44.2 Å². The van der Waals surface area contributed by atoms with E-state index in [-0.39, 0.29) is 0 Å². The summed E-state index contributed by atoms with van der Waals surface area (Å²) in [5.74, 6) is 2.47. The molecule has 4 heteroatoms. The van der Waals surface area contributed by atoms with Gasteiger partial charge in [-0.05, 0) is 24.5 Å². The molecule has 0 bridgehead atoms. The summed E-state index contributed by atoms with van der Waals surface area (Å²) in [5.41, 5.74) is 11.0. The maximum absolute atomic E-state index is 5.50. The lowest BCUT2D eigenvalue weighted by Gasteiger charge is -2.20. The molecule has 80 valence electrons. The molecule has 0 radical (unpaired) electrons. The Bertz CT molecular complexity index is 94.9. The first kappa shape index (κ1) is 13.2. The van der Waals surface area contributed by atoms with Crippen molar-refractivity contribution in [3.8, 4) is 0 Å². The van der Waals surface area contributed by atoms with Crippen molar-refractivity contribution in [2.45, 2.75) is 13.3 Å². The number of rotatable bonds is 9. The van der Waals surface area contributed by atoms with E-state index in [2.05, 4.69) is 11.8 Å². The lowest BCUT2D eigenvalue weighted by molar-refractivity contribution is 0.290. The van der Waals surface area contributed by atoms with Crippen LogP contribution in [0.3, 0.4) is 0 Å². The molecule has 0 saturated heterocycles. The normalized spacial score (nSPS) is 11.1. The van der Waals surface area contributed by atoms with Crippen LogP contribution in [-0.2, 0) is 0 Å². The Labute approximate surface area is 86.2 Å². The molecular weight excluding hydrogens is 182 g/mol. The molecule has 0 spiro atoms. The molecule has 0 aliphatic heterocycles. The van der Waals surface area contributed by atoms with Gasteiger partial charge in [-0.15, -0.1) is 0 Å². The Morgan fingerprint density at radius 2 is 1.69 bits per heavy atom. The van der Waals surface area contributed by atoms with Gasteiger partial charge in [0.15, 0.2) is 0 Å². The Balaban J connectivity index is 3.33. The minimum atomic E-state index is 0.737. The highest BCUT2D eigenvalue weighted by molar-refractivity contribution is 7.99. The van der Waals surface area contributed by atoms with Gasteiger partial charge in [0.05, 0.1) is 0 Å². The smallest absolute Gasteiger partial charge is 0.0105 e. The van der Waals surface area contributed by atoms with Gasteiger partial charge in [0, 0.05) is 26.2 Å². The first-order valence-electron chi connectivity index (χ1n) is 5.05. The number of thioether (sulfide) groups is 1. The standard InChI is InChI=1S/C9H23N3S/c1-2-13-9-3-6-12(7-4-10)8-5-11/h2-11H2,1H3.